The summed E-state index contributed by atoms with van der Waals surface area (Å²) >= 11 is 0. The van der Waals surface area contributed by atoms with E-state index < -0.39 is 5.97 Å². The fourth-order valence-corrected chi connectivity index (χ4v) is 4.54. The Morgan fingerprint density at radius 2 is 1.19 bits per heavy atom. The lowest BCUT2D eigenvalue weighted by Crippen LogP contribution is -2.27. The second-order valence-corrected chi connectivity index (χ2v) is 9.15. The van der Waals surface area contributed by atoms with Crippen molar-refractivity contribution in [3.8, 4) is 0 Å². The van der Waals surface area contributed by atoms with Gasteiger partial charge < -0.3 is 19.3 Å². The first-order valence-electron chi connectivity index (χ1n) is 13.2. The van der Waals surface area contributed by atoms with Gasteiger partial charge in [0, 0.05) is 13.2 Å². The Labute approximate surface area is 191 Å². The van der Waals surface area contributed by atoms with Gasteiger partial charge in [0.15, 0.2) is 0 Å². The van der Waals surface area contributed by atoms with Crippen molar-refractivity contribution in [2.24, 2.45) is 11.8 Å². The molecule has 1 saturated carbocycles. The van der Waals surface area contributed by atoms with Crippen LogP contribution in [0.1, 0.15) is 110 Å². The molecule has 1 aliphatic rings. The summed E-state index contributed by atoms with van der Waals surface area (Å²) in [7, 11) is 0. The first-order chi connectivity index (χ1) is 15.3. The van der Waals surface area contributed by atoms with E-state index in [-0.39, 0.29) is 5.92 Å². The van der Waals surface area contributed by atoms with Crippen molar-refractivity contribution in [3.63, 3.8) is 0 Å². The highest BCUT2D eigenvalue weighted by molar-refractivity contribution is 5.70. The molecule has 31 heavy (non-hydrogen) atoms. The summed E-state index contributed by atoms with van der Waals surface area (Å²) in [6.45, 7) is 5.90. The van der Waals surface area contributed by atoms with Crippen LogP contribution in [-0.2, 0) is 19.0 Å². The molecule has 0 bridgehead atoms. The maximum atomic E-state index is 11.5. The molecule has 0 radical (unpaired) electrons. The standard InChI is InChI=1S/C26H50O5/c1-2-3-4-5-6-7-8-9-10-14-18-29-20-22-31-23-21-30-19-17-25(26(27)28)24-15-12-11-13-16-24/h24-25H,2-23H2,1H3,(H,27,28). The number of hydrogen-bond acceptors (Lipinski definition) is 4. The van der Waals surface area contributed by atoms with Crippen LogP contribution in [0.15, 0.2) is 0 Å². The molecule has 0 spiro atoms. The number of ether oxygens (including phenoxy) is 3. The number of carboxylic acid groups (broad SMARTS) is 1. The molecule has 5 nitrogen and oxygen atoms in total. The minimum Gasteiger partial charge on any atom is -0.481 e. The van der Waals surface area contributed by atoms with Crippen LogP contribution >= 0.6 is 0 Å². The van der Waals surface area contributed by atoms with Gasteiger partial charge in [0.25, 0.3) is 0 Å². The van der Waals surface area contributed by atoms with E-state index in [1.807, 2.05) is 0 Å². The molecule has 5 heteroatoms. The van der Waals surface area contributed by atoms with Crippen molar-refractivity contribution >= 4 is 5.97 Å². The zero-order valence-electron chi connectivity index (χ0n) is 20.3. The van der Waals surface area contributed by atoms with E-state index in [9.17, 15) is 9.90 Å². The molecule has 0 amide bonds. The molecule has 0 aliphatic heterocycles. The second kappa shape index (κ2) is 21.2. The summed E-state index contributed by atoms with van der Waals surface area (Å²) in [4.78, 5) is 11.5. The van der Waals surface area contributed by atoms with E-state index >= 15 is 0 Å². The minimum atomic E-state index is -0.661. The summed E-state index contributed by atoms with van der Waals surface area (Å²) < 4.78 is 16.8. The van der Waals surface area contributed by atoms with Gasteiger partial charge in [0.05, 0.1) is 32.3 Å². The number of aliphatic carboxylic acids is 1. The molecule has 1 unspecified atom stereocenters. The molecule has 1 fully saturated rings. The van der Waals surface area contributed by atoms with Gasteiger partial charge in [-0.2, -0.15) is 0 Å². The number of rotatable bonds is 22. The van der Waals surface area contributed by atoms with Gasteiger partial charge >= 0.3 is 5.97 Å². The van der Waals surface area contributed by atoms with Crippen molar-refractivity contribution in [1.82, 2.24) is 0 Å². The van der Waals surface area contributed by atoms with Crippen molar-refractivity contribution in [3.05, 3.63) is 0 Å². The highest BCUT2D eigenvalue weighted by Crippen LogP contribution is 2.32. The van der Waals surface area contributed by atoms with Crippen LogP contribution in [0.2, 0.25) is 0 Å². The minimum absolute atomic E-state index is 0.250. The summed E-state index contributed by atoms with van der Waals surface area (Å²) in [5.74, 6) is -0.578. The molecular formula is C26H50O5. The molecule has 1 N–H and O–H groups in total. The molecule has 0 saturated heterocycles. The number of unbranched alkanes of at least 4 members (excludes halogenated alkanes) is 9. The summed E-state index contributed by atoms with van der Waals surface area (Å²) in [6, 6.07) is 0. The normalized spacial score (nSPS) is 15.9. The third kappa shape index (κ3) is 16.6. The van der Waals surface area contributed by atoms with Gasteiger partial charge in [0.2, 0.25) is 0 Å². The predicted octanol–water partition coefficient (Wildman–Crippen LogP) is 6.63. The fraction of sp³-hybridized carbons (Fsp3) is 0.962. The van der Waals surface area contributed by atoms with E-state index in [0.717, 1.165) is 25.9 Å². The smallest absolute Gasteiger partial charge is 0.306 e. The van der Waals surface area contributed by atoms with Crippen molar-refractivity contribution in [2.45, 2.75) is 110 Å². The fourth-order valence-electron chi connectivity index (χ4n) is 4.54. The summed E-state index contributed by atoms with van der Waals surface area (Å²) in [5.41, 5.74) is 0. The predicted molar refractivity (Wildman–Crippen MR) is 127 cm³/mol. The molecule has 0 aromatic heterocycles. The van der Waals surface area contributed by atoms with Crippen LogP contribution < -0.4 is 0 Å². The maximum absolute atomic E-state index is 11.5. The van der Waals surface area contributed by atoms with Crippen LogP contribution in [0, 0.1) is 11.8 Å². The molecule has 0 aromatic rings. The lowest BCUT2D eigenvalue weighted by atomic mass is 9.79. The number of carboxylic acids is 1. The third-order valence-corrected chi connectivity index (χ3v) is 6.50. The van der Waals surface area contributed by atoms with Gasteiger partial charge in [-0.3, -0.25) is 4.79 Å². The Bertz CT molecular complexity index is 395. The molecule has 0 heterocycles. The number of carbonyl (C=O) groups is 1. The van der Waals surface area contributed by atoms with Crippen LogP contribution in [0.25, 0.3) is 0 Å². The zero-order valence-corrected chi connectivity index (χ0v) is 20.3. The molecule has 1 rings (SSSR count). The molecule has 1 atom stereocenters. The van der Waals surface area contributed by atoms with Crippen molar-refractivity contribution in [2.75, 3.05) is 39.6 Å². The zero-order chi connectivity index (χ0) is 22.4. The maximum Gasteiger partial charge on any atom is 0.306 e. The Hall–Kier alpha value is -0.650. The number of hydrogen-bond donors (Lipinski definition) is 1. The van der Waals surface area contributed by atoms with Crippen molar-refractivity contribution in [1.29, 1.82) is 0 Å². The Balaban J connectivity index is 1.79. The Morgan fingerprint density at radius 3 is 1.74 bits per heavy atom. The SMILES string of the molecule is CCCCCCCCCCCCOCCOCCOCCC(C(=O)O)C1CCCCC1. The largest absolute Gasteiger partial charge is 0.481 e. The van der Waals surface area contributed by atoms with E-state index in [1.54, 1.807) is 0 Å². The van der Waals surface area contributed by atoms with Gasteiger partial charge in [0.1, 0.15) is 0 Å². The van der Waals surface area contributed by atoms with E-state index in [2.05, 4.69) is 6.92 Å². The first kappa shape index (κ1) is 28.4. The molecule has 184 valence electrons. The van der Waals surface area contributed by atoms with Gasteiger partial charge in [-0.05, 0) is 31.6 Å². The molecular weight excluding hydrogens is 392 g/mol. The topological polar surface area (TPSA) is 65.0 Å². The van der Waals surface area contributed by atoms with Crippen LogP contribution in [0.3, 0.4) is 0 Å². The van der Waals surface area contributed by atoms with Crippen LogP contribution in [-0.4, -0.2) is 50.7 Å². The van der Waals surface area contributed by atoms with Crippen LogP contribution in [0.4, 0.5) is 0 Å². The average molecular weight is 443 g/mol. The van der Waals surface area contributed by atoms with Crippen LogP contribution in [0.5, 0.6) is 0 Å². The highest BCUT2D eigenvalue weighted by Gasteiger charge is 2.28. The highest BCUT2D eigenvalue weighted by atomic mass is 16.5. The van der Waals surface area contributed by atoms with Gasteiger partial charge in [-0.25, -0.2) is 0 Å². The monoisotopic (exact) mass is 442 g/mol. The summed E-state index contributed by atoms with van der Waals surface area (Å²) in [5, 5.41) is 9.48. The van der Waals surface area contributed by atoms with E-state index in [4.69, 9.17) is 14.2 Å². The first-order valence-corrected chi connectivity index (χ1v) is 13.2. The lowest BCUT2D eigenvalue weighted by Gasteiger charge is -2.27. The second-order valence-electron chi connectivity index (χ2n) is 9.15. The molecule has 0 aromatic carbocycles. The summed E-state index contributed by atoms with van der Waals surface area (Å²) in [6.07, 6.45) is 19.7. The molecule has 1 aliphatic carbocycles. The van der Waals surface area contributed by atoms with E-state index in [0.29, 0.717) is 45.4 Å². The lowest BCUT2D eigenvalue weighted by molar-refractivity contribution is -0.145. The third-order valence-electron chi connectivity index (χ3n) is 6.50. The van der Waals surface area contributed by atoms with Gasteiger partial charge in [-0.1, -0.05) is 84.0 Å². The van der Waals surface area contributed by atoms with E-state index in [1.165, 1.54) is 77.0 Å². The quantitative estimate of drug-likeness (QED) is 0.191. The Kier molecular flexibility index (Phi) is 19.4. The van der Waals surface area contributed by atoms with Crippen molar-refractivity contribution < 1.29 is 24.1 Å². The van der Waals surface area contributed by atoms with Gasteiger partial charge in [-0.15, -0.1) is 0 Å². The average Bonchev–Trinajstić information content (AvgIpc) is 2.78. The Morgan fingerprint density at radius 1 is 0.710 bits per heavy atom.